The molecule has 23 heavy (non-hydrogen) atoms. The van der Waals surface area contributed by atoms with Crippen LogP contribution in [0.3, 0.4) is 0 Å². The molecule has 0 unspecified atom stereocenters. The summed E-state index contributed by atoms with van der Waals surface area (Å²) in [6.45, 7) is 5.17. The van der Waals surface area contributed by atoms with Crippen molar-refractivity contribution in [2.45, 2.75) is 31.4 Å². The van der Waals surface area contributed by atoms with E-state index in [1.54, 1.807) is 40.0 Å². The van der Waals surface area contributed by atoms with E-state index < -0.39 is 21.5 Å². The lowest BCUT2D eigenvalue weighted by Crippen LogP contribution is -2.40. The van der Waals surface area contributed by atoms with E-state index >= 15 is 0 Å². The standard InChI is InChI=1S/C16H20N2O4S/c1-16(2,3)17-23(20,21)14-11-10-13(22-14)15(19)18(4)12-8-6-5-7-9-12/h5-11,17H,1-4H3. The fraction of sp³-hybridized carbons (Fsp3) is 0.312. The van der Waals surface area contributed by atoms with Crippen LogP contribution in [0.15, 0.2) is 52.0 Å². The zero-order valence-corrected chi connectivity index (χ0v) is 14.3. The van der Waals surface area contributed by atoms with Crippen molar-refractivity contribution < 1.29 is 17.6 Å². The molecule has 1 aromatic heterocycles. The molecule has 0 aliphatic carbocycles. The molecule has 1 aromatic carbocycles. The van der Waals surface area contributed by atoms with Crippen molar-refractivity contribution in [1.29, 1.82) is 0 Å². The summed E-state index contributed by atoms with van der Waals surface area (Å²) < 4.78 is 32.1. The second-order valence-electron chi connectivity index (χ2n) is 6.17. The number of anilines is 1. The van der Waals surface area contributed by atoms with Crippen molar-refractivity contribution in [3.63, 3.8) is 0 Å². The Kier molecular flexibility index (Phi) is 4.63. The zero-order chi connectivity index (χ0) is 17.3. The minimum Gasteiger partial charge on any atom is -0.438 e. The molecule has 7 heteroatoms. The Balaban J connectivity index is 2.24. The van der Waals surface area contributed by atoms with E-state index in [0.29, 0.717) is 5.69 Å². The molecule has 0 fully saturated rings. The van der Waals surface area contributed by atoms with E-state index in [0.717, 1.165) is 0 Å². The average Bonchev–Trinajstić information content (AvgIpc) is 2.95. The number of para-hydroxylation sites is 1. The number of hydrogen-bond donors (Lipinski definition) is 1. The van der Waals surface area contributed by atoms with Gasteiger partial charge >= 0.3 is 0 Å². The van der Waals surface area contributed by atoms with Gasteiger partial charge in [0.2, 0.25) is 5.09 Å². The molecule has 0 saturated carbocycles. The van der Waals surface area contributed by atoms with Crippen LogP contribution in [0.5, 0.6) is 0 Å². The van der Waals surface area contributed by atoms with Gasteiger partial charge in [-0.1, -0.05) is 18.2 Å². The Morgan fingerprint density at radius 2 is 1.70 bits per heavy atom. The van der Waals surface area contributed by atoms with Crippen LogP contribution in [0.2, 0.25) is 0 Å². The second-order valence-corrected chi connectivity index (χ2v) is 7.79. The zero-order valence-electron chi connectivity index (χ0n) is 13.5. The molecule has 0 aliphatic heterocycles. The summed E-state index contributed by atoms with van der Waals surface area (Å²) in [6.07, 6.45) is 0. The highest BCUT2D eigenvalue weighted by atomic mass is 32.2. The largest absolute Gasteiger partial charge is 0.438 e. The topological polar surface area (TPSA) is 79.6 Å². The van der Waals surface area contributed by atoms with Crippen LogP contribution in [0, 0.1) is 0 Å². The first-order valence-corrected chi connectivity index (χ1v) is 8.55. The maximum atomic E-state index is 12.4. The first kappa shape index (κ1) is 17.2. The van der Waals surface area contributed by atoms with E-state index in [9.17, 15) is 13.2 Å². The highest BCUT2D eigenvalue weighted by Crippen LogP contribution is 2.20. The summed E-state index contributed by atoms with van der Waals surface area (Å²) >= 11 is 0. The summed E-state index contributed by atoms with van der Waals surface area (Å²) in [7, 11) is -2.21. The average molecular weight is 336 g/mol. The van der Waals surface area contributed by atoms with Gasteiger partial charge in [0.05, 0.1) is 0 Å². The van der Waals surface area contributed by atoms with Gasteiger partial charge in [-0.05, 0) is 45.0 Å². The Bertz CT molecular complexity index is 789. The van der Waals surface area contributed by atoms with E-state index in [1.165, 1.54) is 17.0 Å². The normalized spacial score (nSPS) is 12.2. The molecule has 0 spiro atoms. The maximum Gasteiger partial charge on any atom is 0.293 e. The Hall–Kier alpha value is -2.12. The molecule has 124 valence electrons. The van der Waals surface area contributed by atoms with Gasteiger partial charge in [0.25, 0.3) is 15.9 Å². The van der Waals surface area contributed by atoms with Crippen LogP contribution >= 0.6 is 0 Å². The number of amides is 1. The molecule has 0 bridgehead atoms. The van der Waals surface area contributed by atoms with Gasteiger partial charge in [0, 0.05) is 18.3 Å². The number of sulfonamides is 1. The van der Waals surface area contributed by atoms with Crippen molar-refractivity contribution in [3.05, 3.63) is 48.2 Å². The smallest absolute Gasteiger partial charge is 0.293 e. The van der Waals surface area contributed by atoms with Gasteiger partial charge < -0.3 is 9.32 Å². The number of hydrogen-bond acceptors (Lipinski definition) is 4. The van der Waals surface area contributed by atoms with Crippen molar-refractivity contribution in [2.75, 3.05) is 11.9 Å². The SMILES string of the molecule is CN(C(=O)c1ccc(S(=O)(=O)NC(C)(C)C)o1)c1ccccc1. The van der Waals surface area contributed by atoms with Crippen molar-refractivity contribution >= 4 is 21.6 Å². The third kappa shape index (κ3) is 4.20. The fourth-order valence-corrected chi connectivity index (χ4v) is 3.32. The van der Waals surface area contributed by atoms with Crippen LogP contribution in [-0.4, -0.2) is 26.9 Å². The quantitative estimate of drug-likeness (QED) is 0.931. The molecule has 0 atom stereocenters. The minimum atomic E-state index is -3.81. The second kappa shape index (κ2) is 6.17. The van der Waals surface area contributed by atoms with E-state index in [4.69, 9.17) is 4.42 Å². The molecule has 6 nitrogen and oxygen atoms in total. The first-order valence-electron chi connectivity index (χ1n) is 7.07. The van der Waals surface area contributed by atoms with Crippen LogP contribution in [0.4, 0.5) is 5.69 Å². The number of nitrogens with zero attached hydrogens (tertiary/aromatic N) is 1. The maximum absolute atomic E-state index is 12.4. The Morgan fingerprint density at radius 3 is 2.26 bits per heavy atom. The summed E-state index contributed by atoms with van der Waals surface area (Å²) in [5, 5.41) is -0.280. The van der Waals surface area contributed by atoms with Gasteiger partial charge in [-0.2, -0.15) is 0 Å². The van der Waals surface area contributed by atoms with Gasteiger partial charge in [-0.25, -0.2) is 13.1 Å². The van der Waals surface area contributed by atoms with E-state index in [1.807, 2.05) is 18.2 Å². The van der Waals surface area contributed by atoms with Gasteiger partial charge in [0.15, 0.2) is 5.76 Å². The lowest BCUT2D eigenvalue weighted by atomic mass is 10.1. The summed E-state index contributed by atoms with van der Waals surface area (Å²) in [6, 6.07) is 11.7. The molecule has 0 aliphatic rings. The van der Waals surface area contributed by atoms with E-state index in [2.05, 4.69) is 4.72 Å². The highest BCUT2D eigenvalue weighted by molar-refractivity contribution is 7.89. The van der Waals surface area contributed by atoms with Crippen molar-refractivity contribution in [1.82, 2.24) is 4.72 Å². The van der Waals surface area contributed by atoms with Gasteiger partial charge in [-0.3, -0.25) is 4.79 Å². The molecule has 2 aromatic rings. The number of carbonyl (C=O) groups excluding carboxylic acids is 1. The molecular formula is C16H20N2O4S. The van der Waals surface area contributed by atoms with Crippen molar-refractivity contribution in [3.8, 4) is 0 Å². The van der Waals surface area contributed by atoms with Crippen LogP contribution < -0.4 is 9.62 Å². The number of furan rings is 1. The lowest BCUT2D eigenvalue weighted by molar-refractivity contribution is 0.0961. The minimum absolute atomic E-state index is 0.0364. The van der Waals surface area contributed by atoms with Crippen LogP contribution in [0.25, 0.3) is 0 Å². The van der Waals surface area contributed by atoms with E-state index in [-0.39, 0.29) is 10.9 Å². The third-order valence-electron chi connectivity index (χ3n) is 2.95. The predicted molar refractivity (Wildman–Crippen MR) is 88.0 cm³/mol. The van der Waals surface area contributed by atoms with Gasteiger partial charge in [0.1, 0.15) is 0 Å². The number of rotatable bonds is 4. The number of benzene rings is 1. The molecule has 0 radical (unpaired) electrons. The molecule has 2 rings (SSSR count). The van der Waals surface area contributed by atoms with Crippen LogP contribution in [-0.2, 0) is 10.0 Å². The predicted octanol–water partition coefficient (Wildman–Crippen LogP) is 2.63. The fourth-order valence-electron chi connectivity index (χ4n) is 1.97. The molecule has 1 heterocycles. The number of nitrogens with one attached hydrogen (secondary N) is 1. The first-order chi connectivity index (χ1) is 10.6. The Morgan fingerprint density at radius 1 is 1.09 bits per heavy atom. The third-order valence-corrected chi connectivity index (χ3v) is 4.58. The summed E-state index contributed by atoms with van der Waals surface area (Å²) in [5.74, 6) is -0.459. The monoisotopic (exact) mass is 336 g/mol. The van der Waals surface area contributed by atoms with Crippen LogP contribution in [0.1, 0.15) is 31.3 Å². The molecule has 1 amide bonds. The Labute approximate surface area is 136 Å². The molecule has 1 N–H and O–H groups in total. The lowest BCUT2D eigenvalue weighted by Gasteiger charge is -2.19. The number of carbonyl (C=O) groups is 1. The summed E-state index contributed by atoms with van der Waals surface area (Å²) in [4.78, 5) is 13.8. The van der Waals surface area contributed by atoms with Crippen molar-refractivity contribution in [2.24, 2.45) is 0 Å². The van der Waals surface area contributed by atoms with Gasteiger partial charge in [-0.15, -0.1) is 0 Å². The summed E-state index contributed by atoms with van der Waals surface area (Å²) in [5.41, 5.74) is 0.0440. The molecular weight excluding hydrogens is 316 g/mol. The highest BCUT2D eigenvalue weighted by Gasteiger charge is 2.27. The molecule has 0 saturated heterocycles.